The highest BCUT2D eigenvalue weighted by atomic mass is 32.1. The summed E-state index contributed by atoms with van der Waals surface area (Å²) in [7, 11) is 0. The first kappa shape index (κ1) is 10.5. The molecule has 0 radical (unpaired) electrons. The molecule has 2 N–H and O–H groups in total. The van der Waals surface area contributed by atoms with Crippen molar-refractivity contribution >= 4 is 23.3 Å². The topological polar surface area (TPSA) is 81.1 Å². The van der Waals surface area contributed by atoms with Crippen LogP contribution >= 0.6 is 11.3 Å². The van der Waals surface area contributed by atoms with Gasteiger partial charge in [-0.15, -0.1) is 11.3 Å². The third kappa shape index (κ3) is 1.03. The molecular weight excluding hydrogens is 244 g/mol. The number of hydrogen-bond acceptors (Lipinski definition) is 4. The van der Waals surface area contributed by atoms with E-state index in [9.17, 15) is 19.9 Å². The second-order valence-electron chi connectivity index (χ2n) is 4.34. The molecule has 17 heavy (non-hydrogen) atoms. The summed E-state index contributed by atoms with van der Waals surface area (Å²) in [5.74, 6) is -1.08. The van der Waals surface area contributed by atoms with E-state index in [1.54, 1.807) is 11.4 Å². The molecule has 2 amide bonds. The summed E-state index contributed by atoms with van der Waals surface area (Å²) in [4.78, 5) is 25.1. The zero-order valence-corrected chi connectivity index (χ0v) is 9.77. The molecule has 1 saturated heterocycles. The molecule has 3 heterocycles. The van der Waals surface area contributed by atoms with Crippen LogP contribution in [0.1, 0.15) is 23.4 Å². The predicted molar refractivity (Wildman–Crippen MR) is 57.8 cm³/mol. The van der Waals surface area contributed by atoms with Gasteiger partial charge in [0.05, 0.1) is 6.54 Å². The normalized spacial score (nSPS) is 30.7. The number of carboxylic acid groups (broad SMARTS) is 1. The Kier molecular flexibility index (Phi) is 1.86. The molecular formula is C10H10N2O4S. The highest BCUT2D eigenvalue weighted by molar-refractivity contribution is 7.10. The van der Waals surface area contributed by atoms with Crippen molar-refractivity contribution in [2.45, 2.75) is 18.5 Å². The quantitative estimate of drug-likeness (QED) is 0.738. The first-order valence-electron chi connectivity index (χ1n) is 5.09. The van der Waals surface area contributed by atoms with Crippen LogP contribution in [-0.2, 0) is 10.3 Å². The van der Waals surface area contributed by atoms with Crippen molar-refractivity contribution in [2.24, 2.45) is 0 Å². The van der Waals surface area contributed by atoms with Gasteiger partial charge in [-0.25, -0.2) is 9.59 Å². The highest BCUT2D eigenvalue weighted by Gasteiger charge is 2.58. The smallest absolute Gasteiger partial charge is 0.345 e. The lowest BCUT2D eigenvalue weighted by molar-refractivity contribution is -0.149. The Morgan fingerprint density at radius 1 is 1.65 bits per heavy atom. The van der Waals surface area contributed by atoms with Crippen LogP contribution in [0, 0.1) is 0 Å². The van der Waals surface area contributed by atoms with Gasteiger partial charge in [0, 0.05) is 4.88 Å². The second kappa shape index (κ2) is 2.99. The van der Waals surface area contributed by atoms with Crippen LogP contribution in [0.15, 0.2) is 11.4 Å². The van der Waals surface area contributed by atoms with E-state index in [1.165, 1.54) is 23.2 Å². The lowest BCUT2D eigenvalue weighted by Crippen LogP contribution is -2.52. The molecule has 0 spiro atoms. The van der Waals surface area contributed by atoms with Crippen molar-refractivity contribution in [3.05, 3.63) is 21.9 Å². The Hall–Kier alpha value is -1.60. The van der Waals surface area contributed by atoms with Crippen molar-refractivity contribution in [1.29, 1.82) is 0 Å². The minimum atomic E-state index is -1.38. The maximum absolute atomic E-state index is 11.8. The molecule has 3 rings (SSSR count). The Morgan fingerprint density at radius 3 is 3.00 bits per heavy atom. The molecule has 1 aromatic rings. The first-order chi connectivity index (χ1) is 7.98. The van der Waals surface area contributed by atoms with E-state index in [0.717, 1.165) is 5.56 Å². The summed E-state index contributed by atoms with van der Waals surface area (Å²) in [5.41, 5.74) is -0.654. The van der Waals surface area contributed by atoms with Gasteiger partial charge in [-0.1, -0.05) is 0 Å². The van der Waals surface area contributed by atoms with Gasteiger partial charge < -0.3 is 5.11 Å². The van der Waals surface area contributed by atoms with Crippen molar-refractivity contribution in [1.82, 2.24) is 9.96 Å². The molecule has 1 unspecified atom stereocenters. The first-order valence-corrected chi connectivity index (χ1v) is 5.97. The summed E-state index contributed by atoms with van der Waals surface area (Å²) in [5, 5.41) is 21.5. The maximum atomic E-state index is 11.8. The number of fused-ring (bicyclic) bond motifs is 4. The van der Waals surface area contributed by atoms with E-state index in [0.29, 0.717) is 9.94 Å². The van der Waals surface area contributed by atoms with Crippen LogP contribution in [0.2, 0.25) is 0 Å². The number of carbonyl (C=O) groups excluding carboxylic acids is 1. The Bertz CT molecular complexity index is 528. The van der Waals surface area contributed by atoms with Crippen LogP contribution in [0.4, 0.5) is 4.79 Å². The molecule has 1 fully saturated rings. The minimum absolute atomic E-state index is 0.210. The van der Waals surface area contributed by atoms with E-state index in [-0.39, 0.29) is 6.54 Å². The average molecular weight is 254 g/mol. The van der Waals surface area contributed by atoms with Crippen LogP contribution in [-0.4, -0.2) is 38.8 Å². The molecule has 1 aromatic heterocycles. The van der Waals surface area contributed by atoms with E-state index in [2.05, 4.69) is 0 Å². The van der Waals surface area contributed by atoms with Gasteiger partial charge in [0.25, 0.3) is 0 Å². The van der Waals surface area contributed by atoms with E-state index < -0.39 is 23.6 Å². The zero-order valence-electron chi connectivity index (χ0n) is 8.95. The summed E-state index contributed by atoms with van der Waals surface area (Å²) in [6, 6.07) is 0.671. The lowest BCUT2D eigenvalue weighted by atomic mass is 9.89. The average Bonchev–Trinajstić information content (AvgIpc) is 2.85. The molecule has 0 aromatic carbocycles. The number of nitrogens with zero attached hydrogens (tertiary/aromatic N) is 2. The third-order valence-electron chi connectivity index (χ3n) is 3.53. The van der Waals surface area contributed by atoms with E-state index in [1.807, 2.05) is 0 Å². The molecule has 2 atom stereocenters. The number of carboxylic acids is 1. The van der Waals surface area contributed by atoms with Crippen LogP contribution in [0.3, 0.4) is 0 Å². The van der Waals surface area contributed by atoms with Gasteiger partial charge in [-0.05, 0) is 23.9 Å². The van der Waals surface area contributed by atoms with Gasteiger partial charge in [-0.3, -0.25) is 10.1 Å². The standard InChI is InChI=1S/C10H10N2O4S/c1-10(8(13)14)7-5(2-3-17-7)6-4-11(10)9(15)12(6)16/h2-3,6,16H,4H2,1H3,(H,13,14)/t6-,10?/m1/s1. The molecule has 90 valence electrons. The van der Waals surface area contributed by atoms with Gasteiger partial charge in [0.1, 0.15) is 6.04 Å². The number of thiophene rings is 1. The fourth-order valence-electron chi connectivity index (χ4n) is 2.50. The summed E-state index contributed by atoms with van der Waals surface area (Å²) in [6.07, 6.45) is 0. The van der Waals surface area contributed by atoms with Gasteiger partial charge in [0.2, 0.25) is 0 Å². The van der Waals surface area contributed by atoms with Crippen molar-refractivity contribution in [3.8, 4) is 0 Å². The van der Waals surface area contributed by atoms with Crippen molar-refractivity contribution in [2.75, 3.05) is 6.54 Å². The number of hydroxylamine groups is 2. The number of aliphatic carboxylic acids is 1. The number of carbonyl (C=O) groups is 2. The van der Waals surface area contributed by atoms with E-state index in [4.69, 9.17) is 0 Å². The van der Waals surface area contributed by atoms with E-state index >= 15 is 0 Å². The fourth-order valence-corrected chi connectivity index (χ4v) is 3.62. The monoisotopic (exact) mass is 254 g/mol. The molecule has 0 aliphatic carbocycles. The zero-order chi connectivity index (χ0) is 12.4. The fraction of sp³-hybridized carbons (Fsp3) is 0.400. The number of hydrogen-bond donors (Lipinski definition) is 2. The van der Waals surface area contributed by atoms with Gasteiger partial charge >= 0.3 is 12.0 Å². The minimum Gasteiger partial charge on any atom is -0.479 e. The highest BCUT2D eigenvalue weighted by Crippen LogP contribution is 2.48. The third-order valence-corrected chi connectivity index (χ3v) is 4.67. The molecule has 6 nitrogen and oxygen atoms in total. The maximum Gasteiger partial charge on any atom is 0.345 e. The molecule has 2 bridgehead atoms. The molecule has 2 aliphatic rings. The second-order valence-corrected chi connectivity index (χ2v) is 5.25. The molecule has 7 heteroatoms. The van der Waals surface area contributed by atoms with Crippen LogP contribution in [0.5, 0.6) is 0 Å². The summed E-state index contributed by atoms with van der Waals surface area (Å²) in [6.45, 7) is 1.71. The Labute approximate surface area is 101 Å². The summed E-state index contributed by atoms with van der Waals surface area (Å²) < 4.78 is 0. The van der Waals surface area contributed by atoms with Crippen LogP contribution in [0.25, 0.3) is 0 Å². The number of urea groups is 1. The summed E-state index contributed by atoms with van der Waals surface area (Å²) >= 11 is 1.30. The van der Waals surface area contributed by atoms with Gasteiger partial charge in [-0.2, -0.15) is 5.06 Å². The Balaban J connectivity index is 2.27. The van der Waals surface area contributed by atoms with Gasteiger partial charge in [0.15, 0.2) is 5.54 Å². The lowest BCUT2D eigenvalue weighted by Gasteiger charge is -2.36. The largest absolute Gasteiger partial charge is 0.479 e. The van der Waals surface area contributed by atoms with Crippen LogP contribution < -0.4 is 0 Å². The predicted octanol–water partition coefficient (Wildman–Crippen LogP) is 1.23. The molecule has 0 saturated carbocycles. The van der Waals surface area contributed by atoms with Crippen molar-refractivity contribution < 1.29 is 19.9 Å². The SMILES string of the molecule is CC1(C(=O)O)c2sccc2[C@H]2CN1C(=O)N2O. The Morgan fingerprint density at radius 2 is 2.35 bits per heavy atom. The number of amides is 2. The molecule has 2 aliphatic heterocycles. The van der Waals surface area contributed by atoms with Crippen molar-refractivity contribution in [3.63, 3.8) is 0 Å². The number of rotatable bonds is 1.